The van der Waals surface area contributed by atoms with Gasteiger partial charge in [0, 0.05) is 19.2 Å². The van der Waals surface area contributed by atoms with Crippen LogP contribution in [0, 0.1) is 5.41 Å². The van der Waals surface area contributed by atoms with Crippen molar-refractivity contribution in [3.8, 4) is 0 Å². The van der Waals surface area contributed by atoms with Crippen LogP contribution < -0.4 is 0 Å². The van der Waals surface area contributed by atoms with Crippen LogP contribution in [0.4, 0.5) is 0 Å². The van der Waals surface area contributed by atoms with Gasteiger partial charge in [-0.2, -0.15) is 5.10 Å². The number of aryl methyl sites for hydroxylation is 1. The molecule has 3 heteroatoms. The minimum absolute atomic E-state index is 0.0734. The molecule has 1 aromatic rings. The van der Waals surface area contributed by atoms with Crippen molar-refractivity contribution >= 4 is 11.4 Å². The van der Waals surface area contributed by atoms with Gasteiger partial charge in [-0.05, 0) is 36.5 Å². The number of hydrogen-bond acceptors (Lipinski definition) is 2. The Hall–Kier alpha value is -1.38. The van der Waals surface area contributed by atoms with Crippen LogP contribution in [-0.2, 0) is 11.3 Å². The molecule has 1 heterocycles. The van der Waals surface area contributed by atoms with Crippen LogP contribution in [0.2, 0.25) is 0 Å². The lowest BCUT2D eigenvalue weighted by molar-refractivity contribution is -0.116. The summed E-state index contributed by atoms with van der Waals surface area (Å²) in [5, 5.41) is 4.25. The third-order valence-corrected chi connectivity index (χ3v) is 3.00. The molecule has 0 N–H and O–H groups in total. The number of rotatable bonds is 2. The number of carbonyl (C=O) groups is 1. The SMILES string of the molecule is CCn1nccc1C1=CC(=O)CC(C)(C)C1. The summed E-state index contributed by atoms with van der Waals surface area (Å²) in [7, 11) is 0. The number of aromatic nitrogens is 2. The van der Waals surface area contributed by atoms with Gasteiger partial charge >= 0.3 is 0 Å². The minimum Gasteiger partial charge on any atom is -0.295 e. The average Bonchev–Trinajstić information content (AvgIpc) is 2.61. The van der Waals surface area contributed by atoms with E-state index in [0.717, 1.165) is 24.2 Å². The van der Waals surface area contributed by atoms with Gasteiger partial charge in [0.15, 0.2) is 5.78 Å². The van der Waals surface area contributed by atoms with E-state index < -0.39 is 0 Å². The Balaban J connectivity index is 2.38. The molecule has 0 aromatic carbocycles. The Morgan fingerprint density at radius 1 is 1.44 bits per heavy atom. The Labute approximate surface area is 96.2 Å². The largest absolute Gasteiger partial charge is 0.295 e. The maximum atomic E-state index is 11.7. The number of ketones is 1. The Morgan fingerprint density at radius 3 is 2.81 bits per heavy atom. The van der Waals surface area contributed by atoms with E-state index >= 15 is 0 Å². The minimum atomic E-state index is 0.0734. The Bertz CT molecular complexity index is 441. The van der Waals surface area contributed by atoms with Gasteiger partial charge in [0.05, 0.1) is 5.69 Å². The zero-order chi connectivity index (χ0) is 11.8. The van der Waals surface area contributed by atoms with Crippen LogP contribution in [0.5, 0.6) is 0 Å². The van der Waals surface area contributed by atoms with E-state index in [-0.39, 0.29) is 11.2 Å². The molecule has 0 saturated heterocycles. The van der Waals surface area contributed by atoms with Gasteiger partial charge in [-0.15, -0.1) is 0 Å². The van der Waals surface area contributed by atoms with E-state index in [1.54, 1.807) is 12.3 Å². The summed E-state index contributed by atoms with van der Waals surface area (Å²) >= 11 is 0. The first-order valence-corrected chi connectivity index (χ1v) is 5.77. The molecule has 1 aromatic heterocycles. The van der Waals surface area contributed by atoms with E-state index in [9.17, 15) is 4.79 Å². The highest BCUT2D eigenvalue weighted by atomic mass is 16.1. The smallest absolute Gasteiger partial charge is 0.156 e. The van der Waals surface area contributed by atoms with Crippen molar-refractivity contribution in [2.75, 3.05) is 0 Å². The van der Waals surface area contributed by atoms with Crippen molar-refractivity contribution in [3.63, 3.8) is 0 Å². The highest BCUT2D eigenvalue weighted by Gasteiger charge is 2.28. The lowest BCUT2D eigenvalue weighted by atomic mass is 9.76. The number of hydrogen-bond donors (Lipinski definition) is 0. The standard InChI is InChI=1S/C13H18N2O/c1-4-15-12(5-6-14-15)10-7-11(16)9-13(2,3)8-10/h5-7H,4,8-9H2,1-3H3. The maximum Gasteiger partial charge on any atom is 0.156 e. The topological polar surface area (TPSA) is 34.9 Å². The van der Waals surface area contributed by atoms with Crippen molar-refractivity contribution < 1.29 is 4.79 Å². The molecule has 1 aliphatic rings. The molecule has 0 saturated carbocycles. The second-order valence-corrected chi connectivity index (χ2v) is 5.19. The van der Waals surface area contributed by atoms with Crippen LogP contribution in [0.15, 0.2) is 18.3 Å². The molecule has 3 nitrogen and oxygen atoms in total. The lowest BCUT2D eigenvalue weighted by Gasteiger charge is -2.28. The van der Waals surface area contributed by atoms with Gasteiger partial charge in [0.25, 0.3) is 0 Å². The maximum absolute atomic E-state index is 11.7. The lowest BCUT2D eigenvalue weighted by Crippen LogP contribution is -2.22. The van der Waals surface area contributed by atoms with E-state index in [2.05, 4.69) is 25.9 Å². The molecule has 0 unspecified atom stereocenters. The predicted octanol–water partition coefficient (Wildman–Crippen LogP) is 2.68. The molecule has 0 amide bonds. The van der Waals surface area contributed by atoms with Crippen LogP contribution >= 0.6 is 0 Å². The van der Waals surface area contributed by atoms with Crippen molar-refractivity contribution in [1.29, 1.82) is 0 Å². The normalized spacial score (nSPS) is 19.7. The molecule has 0 atom stereocenters. The van der Waals surface area contributed by atoms with E-state index in [1.165, 1.54) is 0 Å². The van der Waals surface area contributed by atoms with Crippen LogP contribution in [0.25, 0.3) is 5.57 Å². The van der Waals surface area contributed by atoms with Crippen molar-refractivity contribution in [1.82, 2.24) is 9.78 Å². The van der Waals surface area contributed by atoms with E-state index in [1.807, 2.05) is 10.7 Å². The molecule has 16 heavy (non-hydrogen) atoms. The van der Waals surface area contributed by atoms with Gasteiger partial charge in [-0.25, -0.2) is 0 Å². The molecule has 86 valence electrons. The van der Waals surface area contributed by atoms with Crippen molar-refractivity contribution in [3.05, 3.63) is 24.0 Å². The third kappa shape index (κ3) is 2.08. The third-order valence-electron chi connectivity index (χ3n) is 3.00. The first-order chi connectivity index (χ1) is 7.52. The summed E-state index contributed by atoms with van der Waals surface area (Å²) in [6.45, 7) is 7.19. The summed E-state index contributed by atoms with van der Waals surface area (Å²) in [4.78, 5) is 11.7. The van der Waals surface area contributed by atoms with Crippen LogP contribution in [-0.4, -0.2) is 15.6 Å². The number of nitrogens with zero attached hydrogens (tertiary/aromatic N) is 2. The van der Waals surface area contributed by atoms with Gasteiger partial charge < -0.3 is 0 Å². The van der Waals surface area contributed by atoms with Gasteiger partial charge in [0.1, 0.15) is 0 Å². The summed E-state index contributed by atoms with van der Waals surface area (Å²) in [5.74, 6) is 0.232. The Kier molecular flexibility index (Phi) is 2.70. The highest BCUT2D eigenvalue weighted by molar-refractivity contribution is 5.98. The second-order valence-electron chi connectivity index (χ2n) is 5.19. The Morgan fingerprint density at radius 2 is 2.19 bits per heavy atom. The second kappa shape index (κ2) is 3.89. The highest BCUT2D eigenvalue weighted by Crippen LogP contribution is 2.37. The summed E-state index contributed by atoms with van der Waals surface area (Å²) in [6.07, 6.45) is 5.18. The molecule has 0 radical (unpaired) electrons. The predicted molar refractivity (Wildman–Crippen MR) is 63.9 cm³/mol. The first kappa shape index (κ1) is 11.1. The zero-order valence-corrected chi connectivity index (χ0v) is 10.2. The van der Waals surface area contributed by atoms with Crippen LogP contribution in [0.1, 0.15) is 39.3 Å². The fourth-order valence-corrected chi connectivity index (χ4v) is 2.37. The van der Waals surface area contributed by atoms with Crippen molar-refractivity contribution in [2.24, 2.45) is 5.41 Å². The van der Waals surface area contributed by atoms with Gasteiger partial charge in [-0.1, -0.05) is 13.8 Å². The molecule has 0 aliphatic heterocycles. The quantitative estimate of drug-likeness (QED) is 0.765. The van der Waals surface area contributed by atoms with Gasteiger partial charge in [-0.3, -0.25) is 9.48 Å². The molecule has 2 rings (SSSR count). The monoisotopic (exact) mass is 218 g/mol. The van der Waals surface area contributed by atoms with E-state index in [4.69, 9.17) is 0 Å². The molecular formula is C13H18N2O. The summed E-state index contributed by atoms with van der Waals surface area (Å²) in [5.41, 5.74) is 2.29. The van der Waals surface area contributed by atoms with E-state index in [0.29, 0.717) is 6.42 Å². The molecule has 0 spiro atoms. The number of allylic oxidation sites excluding steroid dienone is 2. The fraction of sp³-hybridized carbons (Fsp3) is 0.538. The first-order valence-electron chi connectivity index (χ1n) is 5.77. The average molecular weight is 218 g/mol. The molecule has 0 bridgehead atoms. The summed E-state index contributed by atoms with van der Waals surface area (Å²) < 4.78 is 1.94. The molecule has 0 fully saturated rings. The molecular weight excluding hydrogens is 200 g/mol. The van der Waals surface area contributed by atoms with Crippen LogP contribution in [0.3, 0.4) is 0 Å². The number of carbonyl (C=O) groups excluding carboxylic acids is 1. The van der Waals surface area contributed by atoms with Crippen molar-refractivity contribution in [2.45, 2.75) is 40.2 Å². The fourth-order valence-electron chi connectivity index (χ4n) is 2.37. The zero-order valence-electron chi connectivity index (χ0n) is 10.2. The summed E-state index contributed by atoms with van der Waals surface area (Å²) in [6, 6.07) is 1.99. The molecule has 1 aliphatic carbocycles. The van der Waals surface area contributed by atoms with Gasteiger partial charge in [0.2, 0.25) is 0 Å².